The van der Waals surface area contributed by atoms with Crippen molar-refractivity contribution in [1.29, 1.82) is 0 Å². The average molecular weight is 783 g/mol. The SMILES string of the molecule is C=C[C@@H]1C[C@]1(NC(=O)[C@H](CCc1ccc(-c2ccccc2)cc1)N(CSCCCC)C(=O)[C@@H](NC(=O)OC(C)(C)C)C(C)(C)C)C(=O)NS(=O)(=O)C1CC1. The highest BCUT2D eigenvalue weighted by molar-refractivity contribution is 7.99. The van der Waals surface area contributed by atoms with Crippen LogP contribution in [0, 0.1) is 11.3 Å². The van der Waals surface area contributed by atoms with Crippen molar-refractivity contribution in [3.05, 3.63) is 72.8 Å². The Hall–Kier alpha value is -3.84. The molecule has 0 heterocycles. The standard InChI is InChI=1S/C41H58N4O7S2/c1-9-11-25-53-27-45(36(47)34(39(3,4)5)42-38(49)52-40(6,7)8)33(24-19-28-17-20-30(21-18-28)29-15-13-12-14-16-29)35(46)43-41(26-31(41)10-2)37(48)44-54(50,51)32-22-23-32/h10,12-18,20-21,31-34H,2,9,11,19,22-27H2,1,3-8H3,(H,42,49)(H,43,46)(H,44,48)/t31-,33+,34-,41-/m1/s1. The van der Waals surface area contributed by atoms with E-state index in [0.29, 0.717) is 19.3 Å². The number of alkyl carbamates (subject to hydrolysis) is 1. The molecule has 0 spiro atoms. The fourth-order valence-electron chi connectivity index (χ4n) is 6.20. The zero-order valence-electron chi connectivity index (χ0n) is 32.8. The summed E-state index contributed by atoms with van der Waals surface area (Å²) in [4.78, 5) is 57.7. The Kier molecular flexibility index (Phi) is 14.1. The Labute approximate surface area is 325 Å². The molecule has 0 radical (unpaired) electrons. The molecule has 4 rings (SSSR count). The third-order valence-electron chi connectivity index (χ3n) is 9.62. The smallest absolute Gasteiger partial charge is 0.408 e. The molecule has 0 unspecified atom stereocenters. The fraction of sp³-hybridized carbons (Fsp3) is 0.561. The summed E-state index contributed by atoms with van der Waals surface area (Å²) in [5.74, 6) is -1.49. The summed E-state index contributed by atoms with van der Waals surface area (Å²) in [7, 11) is -3.89. The Morgan fingerprint density at radius 3 is 2.17 bits per heavy atom. The molecule has 0 bridgehead atoms. The molecule has 2 aliphatic rings. The Morgan fingerprint density at radius 2 is 1.63 bits per heavy atom. The van der Waals surface area contributed by atoms with Gasteiger partial charge in [-0.15, -0.1) is 18.3 Å². The number of hydrogen-bond donors (Lipinski definition) is 3. The fourth-order valence-corrected chi connectivity index (χ4v) is 8.69. The number of carbonyl (C=O) groups excluding carboxylic acids is 4. The summed E-state index contributed by atoms with van der Waals surface area (Å²) in [6, 6.07) is 15.8. The number of nitrogens with zero attached hydrogens (tertiary/aromatic N) is 1. The minimum Gasteiger partial charge on any atom is -0.444 e. The predicted molar refractivity (Wildman–Crippen MR) is 215 cm³/mol. The van der Waals surface area contributed by atoms with Crippen LogP contribution in [0.4, 0.5) is 4.79 Å². The summed E-state index contributed by atoms with van der Waals surface area (Å²) in [5.41, 5.74) is -0.0668. The largest absolute Gasteiger partial charge is 0.444 e. The molecule has 0 aromatic heterocycles. The monoisotopic (exact) mass is 782 g/mol. The molecule has 11 nitrogen and oxygen atoms in total. The van der Waals surface area contributed by atoms with Gasteiger partial charge in [0.25, 0.3) is 5.91 Å². The van der Waals surface area contributed by atoms with Crippen LogP contribution in [0.5, 0.6) is 0 Å². The maximum Gasteiger partial charge on any atom is 0.408 e. The average Bonchev–Trinajstić information content (AvgIpc) is 4.03. The number of aryl methyl sites for hydroxylation is 1. The maximum atomic E-state index is 14.8. The van der Waals surface area contributed by atoms with E-state index in [2.05, 4.69) is 28.9 Å². The second-order valence-corrected chi connectivity index (χ2v) is 19.5. The van der Waals surface area contributed by atoms with Crippen molar-refractivity contribution in [2.24, 2.45) is 11.3 Å². The zero-order chi connectivity index (χ0) is 39.9. The number of nitrogens with one attached hydrogen (secondary N) is 3. The van der Waals surface area contributed by atoms with Crippen molar-refractivity contribution in [2.45, 2.75) is 122 Å². The van der Waals surface area contributed by atoms with E-state index >= 15 is 0 Å². The van der Waals surface area contributed by atoms with E-state index < -0.39 is 73.6 Å². The maximum absolute atomic E-state index is 14.8. The van der Waals surface area contributed by atoms with Gasteiger partial charge in [-0.1, -0.05) is 94.8 Å². The van der Waals surface area contributed by atoms with Crippen LogP contribution in [0.2, 0.25) is 0 Å². The number of thioether (sulfide) groups is 1. The van der Waals surface area contributed by atoms with Crippen molar-refractivity contribution >= 4 is 45.6 Å². The Bertz CT molecular complexity index is 1750. The number of sulfonamides is 1. The van der Waals surface area contributed by atoms with Gasteiger partial charge >= 0.3 is 6.09 Å². The third kappa shape index (κ3) is 11.6. The minimum absolute atomic E-state index is 0.145. The van der Waals surface area contributed by atoms with Crippen LogP contribution in [0.1, 0.15) is 92.6 Å². The highest BCUT2D eigenvalue weighted by Crippen LogP contribution is 2.45. The molecule has 4 atom stereocenters. The van der Waals surface area contributed by atoms with Gasteiger partial charge in [0, 0.05) is 5.92 Å². The number of amides is 4. The van der Waals surface area contributed by atoms with E-state index in [1.165, 1.54) is 22.7 Å². The molecular weight excluding hydrogens is 725 g/mol. The molecule has 2 fully saturated rings. The van der Waals surface area contributed by atoms with Crippen LogP contribution >= 0.6 is 11.8 Å². The molecule has 2 aromatic rings. The molecule has 2 aromatic carbocycles. The minimum atomic E-state index is -3.89. The molecule has 0 saturated heterocycles. The van der Waals surface area contributed by atoms with Crippen molar-refractivity contribution in [2.75, 3.05) is 11.6 Å². The first-order chi connectivity index (χ1) is 25.3. The second-order valence-electron chi connectivity index (χ2n) is 16.4. The number of ether oxygens (including phenoxy) is 1. The van der Waals surface area contributed by atoms with Crippen molar-refractivity contribution in [3.8, 4) is 11.1 Å². The van der Waals surface area contributed by atoms with E-state index in [1.807, 2.05) is 75.4 Å². The van der Waals surface area contributed by atoms with Crippen LogP contribution in [0.15, 0.2) is 67.3 Å². The second kappa shape index (κ2) is 17.7. The van der Waals surface area contributed by atoms with E-state index in [-0.39, 0.29) is 18.7 Å². The lowest BCUT2D eigenvalue weighted by Crippen LogP contribution is -2.62. The summed E-state index contributed by atoms with van der Waals surface area (Å²) in [6.07, 6.45) is 4.35. The molecular formula is C41H58N4O7S2. The van der Waals surface area contributed by atoms with Crippen molar-refractivity contribution in [1.82, 2.24) is 20.3 Å². The third-order valence-corrected chi connectivity index (χ3v) is 12.5. The lowest BCUT2D eigenvalue weighted by atomic mass is 9.85. The molecule has 54 heavy (non-hydrogen) atoms. The first kappa shape index (κ1) is 42.9. The molecule has 2 aliphatic carbocycles. The van der Waals surface area contributed by atoms with E-state index in [4.69, 9.17) is 4.74 Å². The predicted octanol–water partition coefficient (Wildman–Crippen LogP) is 6.58. The van der Waals surface area contributed by atoms with Gasteiger partial charge in [0.2, 0.25) is 21.8 Å². The first-order valence-electron chi connectivity index (χ1n) is 18.8. The number of benzene rings is 2. The molecule has 4 amide bonds. The summed E-state index contributed by atoms with van der Waals surface area (Å²) in [6.45, 7) is 16.6. The van der Waals surface area contributed by atoms with Gasteiger partial charge in [-0.05, 0) is 87.2 Å². The molecule has 2 saturated carbocycles. The summed E-state index contributed by atoms with van der Waals surface area (Å²) < 4.78 is 33.4. The van der Waals surface area contributed by atoms with Gasteiger partial charge in [0.05, 0.1) is 11.1 Å². The highest BCUT2D eigenvalue weighted by Gasteiger charge is 2.61. The molecule has 3 N–H and O–H groups in total. The number of rotatable bonds is 18. The van der Waals surface area contributed by atoms with Crippen LogP contribution < -0.4 is 15.4 Å². The van der Waals surface area contributed by atoms with Crippen molar-refractivity contribution < 1.29 is 32.3 Å². The molecule has 296 valence electrons. The van der Waals surface area contributed by atoms with Gasteiger partial charge in [-0.2, -0.15) is 0 Å². The van der Waals surface area contributed by atoms with Crippen LogP contribution in [-0.4, -0.2) is 77.2 Å². The summed E-state index contributed by atoms with van der Waals surface area (Å²) >= 11 is 1.51. The van der Waals surface area contributed by atoms with Gasteiger partial charge in [0.1, 0.15) is 23.2 Å². The topological polar surface area (TPSA) is 151 Å². The lowest BCUT2D eigenvalue weighted by Gasteiger charge is -2.38. The van der Waals surface area contributed by atoms with E-state index in [9.17, 15) is 27.6 Å². The van der Waals surface area contributed by atoms with E-state index in [0.717, 1.165) is 35.3 Å². The lowest BCUT2D eigenvalue weighted by molar-refractivity contribution is -0.144. The van der Waals surface area contributed by atoms with Crippen molar-refractivity contribution in [3.63, 3.8) is 0 Å². The van der Waals surface area contributed by atoms with Crippen LogP contribution in [-0.2, 0) is 35.6 Å². The van der Waals surface area contributed by atoms with Gasteiger partial charge < -0.3 is 20.3 Å². The van der Waals surface area contributed by atoms with Crippen LogP contribution in [0.25, 0.3) is 11.1 Å². The summed E-state index contributed by atoms with van der Waals surface area (Å²) in [5, 5.41) is 5.06. The quantitative estimate of drug-likeness (QED) is 0.0872. The van der Waals surface area contributed by atoms with E-state index in [1.54, 1.807) is 20.8 Å². The zero-order valence-corrected chi connectivity index (χ0v) is 34.4. The molecule has 13 heteroatoms. The number of unbranched alkanes of at least 4 members (excludes halogenated alkanes) is 1. The van der Waals surface area contributed by atoms with Gasteiger partial charge in [-0.3, -0.25) is 19.1 Å². The molecule has 0 aliphatic heterocycles. The number of hydrogen-bond acceptors (Lipinski definition) is 8. The normalized spacial score (nSPS) is 19.5. The first-order valence-corrected chi connectivity index (χ1v) is 21.5. The van der Waals surface area contributed by atoms with Crippen LogP contribution in [0.3, 0.4) is 0 Å². The number of carbonyl (C=O) groups is 4. The Morgan fingerprint density at radius 1 is 1.00 bits per heavy atom. The van der Waals surface area contributed by atoms with Gasteiger partial charge in [0.15, 0.2) is 0 Å². The Balaban J connectivity index is 1.70. The highest BCUT2D eigenvalue weighted by atomic mass is 32.2. The van der Waals surface area contributed by atoms with Gasteiger partial charge in [-0.25, -0.2) is 13.2 Å².